The lowest BCUT2D eigenvalue weighted by molar-refractivity contribution is -0.0166. The molecule has 106 valence electrons. The molecule has 1 heterocycles. The molecule has 0 unspecified atom stereocenters. The first kappa shape index (κ1) is 14.3. The standard InChI is InChI=1S/C14H28N2O2/c1-2-16-9-13(18-10-16)14(17)12(15)8-11-6-4-3-5-7-11/h11-14,17H,2-10,15H2,1H3/t12-,13-,14+/m0/s1. The van der Waals surface area contributed by atoms with Crippen LogP contribution in [0, 0.1) is 5.92 Å². The van der Waals surface area contributed by atoms with Gasteiger partial charge in [-0.25, -0.2) is 0 Å². The van der Waals surface area contributed by atoms with Crippen LogP contribution in [0.25, 0.3) is 0 Å². The van der Waals surface area contributed by atoms with Crippen molar-refractivity contribution in [1.29, 1.82) is 0 Å². The number of aliphatic hydroxyl groups is 1. The second-order valence-electron chi connectivity index (χ2n) is 5.90. The molecule has 2 aliphatic rings. The zero-order valence-corrected chi connectivity index (χ0v) is 11.6. The average Bonchev–Trinajstić information content (AvgIpc) is 2.87. The molecule has 1 aliphatic heterocycles. The predicted molar refractivity (Wildman–Crippen MR) is 72.2 cm³/mol. The lowest BCUT2D eigenvalue weighted by atomic mass is 9.83. The Morgan fingerprint density at radius 3 is 2.67 bits per heavy atom. The van der Waals surface area contributed by atoms with Gasteiger partial charge in [0.25, 0.3) is 0 Å². The Kier molecular flexibility index (Phi) is 5.42. The van der Waals surface area contributed by atoms with Crippen molar-refractivity contribution in [2.45, 2.75) is 63.7 Å². The molecule has 0 radical (unpaired) electrons. The Morgan fingerprint density at radius 1 is 1.33 bits per heavy atom. The number of aliphatic hydroxyl groups excluding tert-OH is 1. The molecule has 4 nitrogen and oxygen atoms in total. The Balaban J connectivity index is 1.75. The second-order valence-corrected chi connectivity index (χ2v) is 5.90. The summed E-state index contributed by atoms with van der Waals surface area (Å²) < 4.78 is 5.62. The lowest BCUT2D eigenvalue weighted by Gasteiger charge is -2.29. The summed E-state index contributed by atoms with van der Waals surface area (Å²) in [5, 5.41) is 10.3. The van der Waals surface area contributed by atoms with Gasteiger partial charge in [-0.3, -0.25) is 4.90 Å². The van der Waals surface area contributed by atoms with Gasteiger partial charge in [-0.15, -0.1) is 0 Å². The smallest absolute Gasteiger partial charge is 0.0996 e. The Bertz CT molecular complexity index is 244. The minimum atomic E-state index is -0.511. The van der Waals surface area contributed by atoms with Crippen LogP contribution in [-0.2, 0) is 4.74 Å². The molecule has 0 bridgehead atoms. The van der Waals surface area contributed by atoms with Crippen molar-refractivity contribution in [3.8, 4) is 0 Å². The molecular weight excluding hydrogens is 228 g/mol. The van der Waals surface area contributed by atoms with Crippen molar-refractivity contribution in [3.63, 3.8) is 0 Å². The van der Waals surface area contributed by atoms with Gasteiger partial charge < -0.3 is 15.6 Å². The topological polar surface area (TPSA) is 58.7 Å². The molecule has 2 fully saturated rings. The highest BCUT2D eigenvalue weighted by atomic mass is 16.5. The molecule has 0 aromatic rings. The van der Waals surface area contributed by atoms with Crippen LogP contribution >= 0.6 is 0 Å². The van der Waals surface area contributed by atoms with Crippen molar-refractivity contribution in [3.05, 3.63) is 0 Å². The maximum atomic E-state index is 10.3. The van der Waals surface area contributed by atoms with Crippen molar-refractivity contribution < 1.29 is 9.84 Å². The van der Waals surface area contributed by atoms with E-state index in [-0.39, 0.29) is 12.1 Å². The molecule has 1 aliphatic carbocycles. The van der Waals surface area contributed by atoms with Crippen molar-refractivity contribution in [2.75, 3.05) is 19.8 Å². The molecule has 0 amide bonds. The minimum absolute atomic E-state index is 0.0939. The third-order valence-electron chi connectivity index (χ3n) is 4.51. The number of hydrogen-bond donors (Lipinski definition) is 2. The molecule has 18 heavy (non-hydrogen) atoms. The summed E-state index contributed by atoms with van der Waals surface area (Å²) in [6, 6.07) is -0.130. The molecular formula is C14H28N2O2. The molecule has 2 rings (SSSR count). The number of hydrogen-bond acceptors (Lipinski definition) is 4. The van der Waals surface area contributed by atoms with Gasteiger partial charge >= 0.3 is 0 Å². The van der Waals surface area contributed by atoms with Gasteiger partial charge in [0.1, 0.15) is 0 Å². The number of nitrogens with two attached hydrogens (primary N) is 1. The van der Waals surface area contributed by atoms with Gasteiger partial charge in [0.15, 0.2) is 0 Å². The van der Waals surface area contributed by atoms with Crippen LogP contribution in [0.3, 0.4) is 0 Å². The van der Waals surface area contributed by atoms with E-state index in [4.69, 9.17) is 10.5 Å². The fourth-order valence-corrected chi connectivity index (χ4v) is 3.21. The molecule has 3 N–H and O–H groups in total. The van der Waals surface area contributed by atoms with Crippen LogP contribution in [-0.4, -0.2) is 48.1 Å². The average molecular weight is 256 g/mol. The van der Waals surface area contributed by atoms with Crippen LogP contribution in [0.4, 0.5) is 0 Å². The van der Waals surface area contributed by atoms with E-state index in [9.17, 15) is 5.11 Å². The highest BCUT2D eigenvalue weighted by Gasteiger charge is 2.33. The van der Waals surface area contributed by atoms with Gasteiger partial charge in [0.2, 0.25) is 0 Å². The summed E-state index contributed by atoms with van der Waals surface area (Å²) in [6.07, 6.45) is 6.94. The maximum absolute atomic E-state index is 10.3. The highest BCUT2D eigenvalue weighted by molar-refractivity contribution is 4.86. The van der Waals surface area contributed by atoms with E-state index in [0.717, 1.165) is 19.5 Å². The van der Waals surface area contributed by atoms with Crippen LogP contribution in [0.1, 0.15) is 45.4 Å². The van der Waals surface area contributed by atoms with Crippen LogP contribution in [0.2, 0.25) is 0 Å². The fourth-order valence-electron chi connectivity index (χ4n) is 3.21. The van der Waals surface area contributed by atoms with E-state index in [1.807, 2.05) is 0 Å². The summed E-state index contributed by atoms with van der Waals surface area (Å²) in [7, 11) is 0. The maximum Gasteiger partial charge on any atom is 0.0996 e. The van der Waals surface area contributed by atoms with Gasteiger partial charge in [-0.05, 0) is 18.9 Å². The zero-order valence-electron chi connectivity index (χ0n) is 11.6. The molecule has 0 aromatic carbocycles. The van der Waals surface area contributed by atoms with Gasteiger partial charge in [0, 0.05) is 12.6 Å². The van der Waals surface area contributed by atoms with Gasteiger partial charge in [0.05, 0.1) is 18.9 Å². The molecule has 3 atom stereocenters. The van der Waals surface area contributed by atoms with Gasteiger partial charge in [-0.2, -0.15) is 0 Å². The lowest BCUT2D eigenvalue weighted by Crippen LogP contribution is -2.45. The first-order valence-corrected chi connectivity index (χ1v) is 7.48. The molecule has 1 saturated carbocycles. The molecule has 4 heteroatoms. The molecule has 0 aromatic heterocycles. The number of ether oxygens (including phenoxy) is 1. The van der Waals surface area contributed by atoms with E-state index >= 15 is 0 Å². The fraction of sp³-hybridized carbons (Fsp3) is 1.00. The monoisotopic (exact) mass is 256 g/mol. The van der Waals surface area contributed by atoms with Crippen molar-refractivity contribution in [1.82, 2.24) is 4.90 Å². The predicted octanol–water partition coefficient (Wildman–Crippen LogP) is 1.32. The Morgan fingerprint density at radius 2 is 2.06 bits per heavy atom. The molecule has 0 spiro atoms. The van der Waals surface area contributed by atoms with Crippen LogP contribution in [0.5, 0.6) is 0 Å². The highest BCUT2D eigenvalue weighted by Crippen LogP contribution is 2.28. The first-order valence-electron chi connectivity index (χ1n) is 7.48. The Labute approximate surface area is 110 Å². The van der Waals surface area contributed by atoms with E-state index in [0.29, 0.717) is 12.6 Å². The van der Waals surface area contributed by atoms with Crippen molar-refractivity contribution in [2.24, 2.45) is 11.7 Å². The zero-order chi connectivity index (χ0) is 13.0. The summed E-state index contributed by atoms with van der Waals surface area (Å²) >= 11 is 0. The van der Waals surface area contributed by atoms with E-state index in [1.54, 1.807) is 0 Å². The van der Waals surface area contributed by atoms with Crippen LogP contribution in [0.15, 0.2) is 0 Å². The summed E-state index contributed by atoms with van der Waals surface area (Å²) in [4.78, 5) is 2.20. The third-order valence-corrected chi connectivity index (χ3v) is 4.51. The van der Waals surface area contributed by atoms with E-state index in [2.05, 4.69) is 11.8 Å². The first-order chi connectivity index (χ1) is 8.70. The van der Waals surface area contributed by atoms with E-state index in [1.165, 1.54) is 32.1 Å². The molecule has 1 saturated heterocycles. The summed E-state index contributed by atoms with van der Waals surface area (Å²) in [5.41, 5.74) is 6.17. The normalized spacial score (nSPS) is 30.5. The minimum Gasteiger partial charge on any atom is -0.389 e. The quantitative estimate of drug-likeness (QED) is 0.779. The van der Waals surface area contributed by atoms with E-state index < -0.39 is 6.10 Å². The largest absolute Gasteiger partial charge is 0.389 e. The Hall–Kier alpha value is -0.160. The SMILES string of the molecule is CCN1CO[C@H]([C@H](O)[C@@H](N)CC2CCCCC2)C1. The number of likely N-dealkylation sites (N-methyl/N-ethyl adjacent to an activating group) is 1. The second kappa shape index (κ2) is 6.85. The van der Waals surface area contributed by atoms with Crippen molar-refractivity contribution >= 4 is 0 Å². The third kappa shape index (κ3) is 3.67. The summed E-state index contributed by atoms with van der Waals surface area (Å²) in [6.45, 7) is 4.53. The van der Waals surface area contributed by atoms with Crippen LogP contribution < -0.4 is 5.73 Å². The van der Waals surface area contributed by atoms with Gasteiger partial charge in [-0.1, -0.05) is 39.0 Å². The number of nitrogens with zero attached hydrogens (tertiary/aromatic N) is 1. The summed E-state index contributed by atoms with van der Waals surface area (Å²) in [5.74, 6) is 0.715. The number of rotatable bonds is 5.